The van der Waals surface area contributed by atoms with E-state index >= 15 is 0 Å². The predicted octanol–water partition coefficient (Wildman–Crippen LogP) is 3.57. The van der Waals surface area contributed by atoms with Crippen molar-refractivity contribution in [2.45, 2.75) is 6.92 Å². The maximum Gasteiger partial charge on any atom is 0.355 e. The highest BCUT2D eigenvalue weighted by Gasteiger charge is 2.24. The summed E-state index contributed by atoms with van der Waals surface area (Å²) in [6, 6.07) is 14.6. The van der Waals surface area contributed by atoms with E-state index in [1.165, 1.54) is 11.3 Å². The zero-order valence-corrected chi connectivity index (χ0v) is 17.5. The highest BCUT2D eigenvalue weighted by molar-refractivity contribution is 7.22. The summed E-state index contributed by atoms with van der Waals surface area (Å²) in [6.07, 6.45) is 1.14. The first-order valence-electron chi connectivity index (χ1n) is 9.36. The number of fused-ring (bicyclic) bond motifs is 1. The molecule has 11 nitrogen and oxygen atoms in total. The first-order chi connectivity index (χ1) is 15.5. The van der Waals surface area contributed by atoms with E-state index in [9.17, 15) is 14.9 Å². The van der Waals surface area contributed by atoms with Gasteiger partial charge in [-0.2, -0.15) is 0 Å². The fourth-order valence-electron chi connectivity index (χ4n) is 2.75. The molecule has 4 aromatic rings. The van der Waals surface area contributed by atoms with E-state index in [-0.39, 0.29) is 18.2 Å². The Labute approximate surface area is 185 Å². The van der Waals surface area contributed by atoms with Gasteiger partial charge in [0.05, 0.1) is 15.1 Å². The molecule has 0 aliphatic carbocycles. The number of hydrogen-bond donors (Lipinski definition) is 3. The lowest BCUT2D eigenvalue weighted by Crippen LogP contribution is -2.34. The number of hydrazine groups is 1. The Kier molecular flexibility index (Phi) is 6.03. The van der Waals surface area contributed by atoms with Crippen molar-refractivity contribution in [2.75, 3.05) is 17.3 Å². The zero-order valence-electron chi connectivity index (χ0n) is 16.7. The summed E-state index contributed by atoms with van der Waals surface area (Å²) in [4.78, 5) is 35.4. The molecule has 0 bridgehead atoms. The summed E-state index contributed by atoms with van der Waals surface area (Å²) in [5, 5.41) is 15.0. The smallest absolute Gasteiger partial charge is 0.355 e. The number of anilines is 3. The van der Waals surface area contributed by atoms with Crippen LogP contribution in [0.3, 0.4) is 0 Å². The molecule has 0 unspecified atom stereocenters. The molecule has 1 amide bonds. The van der Waals surface area contributed by atoms with E-state index in [4.69, 9.17) is 4.74 Å². The highest BCUT2D eigenvalue weighted by atomic mass is 32.1. The Morgan fingerprint density at radius 1 is 1.16 bits per heavy atom. The van der Waals surface area contributed by atoms with Gasteiger partial charge >= 0.3 is 5.69 Å². The normalized spacial score (nSPS) is 10.5. The van der Waals surface area contributed by atoms with Gasteiger partial charge in [-0.25, -0.2) is 15.0 Å². The summed E-state index contributed by atoms with van der Waals surface area (Å²) in [6.45, 7) is 1.69. The molecule has 2 heterocycles. The number of rotatable bonds is 8. The standard InChI is InChI=1S/C20H17N7O4S/c1-12-7-8-14-15(9-12)32-20(23-14)24-18-17(27(29)30)19(22-11-21-18)26-25-16(28)10-31-13-5-3-2-4-6-13/h2-9,11H,10H2,1H3,(H,25,28)(H2,21,22,23,24,26). The molecule has 0 aliphatic rings. The van der Waals surface area contributed by atoms with E-state index in [0.717, 1.165) is 22.1 Å². The van der Waals surface area contributed by atoms with Gasteiger partial charge in [0.1, 0.15) is 12.1 Å². The second-order valence-electron chi connectivity index (χ2n) is 6.57. The van der Waals surface area contributed by atoms with Crippen molar-refractivity contribution in [3.05, 3.63) is 70.5 Å². The van der Waals surface area contributed by atoms with Crippen molar-refractivity contribution >= 4 is 49.9 Å². The van der Waals surface area contributed by atoms with Crippen molar-refractivity contribution < 1.29 is 14.5 Å². The fourth-order valence-corrected chi connectivity index (χ4v) is 3.71. The highest BCUT2D eigenvalue weighted by Crippen LogP contribution is 2.34. The van der Waals surface area contributed by atoms with Gasteiger partial charge in [0.15, 0.2) is 11.7 Å². The van der Waals surface area contributed by atoms with Crippen molar-refractivity contribution in [1.82, 2.24) is 20.4 Å². The van der Waals surface area contributed by atoms with Crippen molar-refractivity contribution in [3.63, 3.8) is 0 Å². The zero-order chi connectivity index (χ0) is 22.5. The second kappa shape index (κ2) is 9.22. The molecule has 162 valence electrons. The maximum atomic E-state index is 12.0. The maximum absolute atomic E-state index is 12.0. The average Bonchev–Trinajstić information content (AvgIpc) is 3.18. The van der Waals surface area contributed by atoms with Crippen LogP contribution >= 0.6 is 11.3 Å². The lowest BCUT2D eigenvalue weighted by molar-refractivity contribution is -0.383. The number of benzene rings is 2. The summed E-state index contributed by atoms with van der Waals surface area (Å²) >= 11 is 1.34. The molecular weight excluding hydrogens is 434 g/mol. The summed E-state index contributed by atoms with van der Waals surface area (Å²) in [7, 11) is 0. The van der Waals surface area contributed by atoms with Crippen LogP contribution in [0, 0.1) is 17.0 Å². The number of para-hydroxylation sites is 1. The minimum absolute atomic E-state index is 0.0573. The number of aromatic nitrogens is 3. The number of carbonyl (C=O) groups is 1. The van der Waals surface area contributed by atoms with E-state index in [1.54, 1.807) is 24.3 Å². The van der Waals surface area contributed by atoms with Crippen LogP contribution in [-0.2, 0) is 4.79 Å². The van der Waals surface area contributed by atoms with Crippen LogP contribution < -0.4 is 20.9 Å². The summed E-state index contributed by atoms with van der Waals surface area (Å²) in [5.74, 6) is -0.262. The number of amides is 1. The van der Waals surface area contributed by atoms with Crippen LogP contribution in [0.25, 0.3) is 10.2 Å². The Hall–Kier alpha value is -4.32. The molecule has 12 heteroatoms. The molecule has 0 fully saturated rings. The van der Waals surface area contributed by atoms with Gasteiger partial charge in [0.2, 0.25) is 11.6 Å². The number of hydrogen-bond acceptors (Lipinski definition) is 10. The third-order valence-corrected chi connectivity index (χ3v) is 5.14. The van der Waals surface area contributed by atoms with Gasteiger partial charge in [-0.3, -0.25) is 25.8 Å². The molecule has 2 aromatic heterocycles. The SMILES string of the molecule is Cc1ccc2nc(Nc3ncnc(NNC(=O)COc4ccccc4)c3[N+](=O)[O-])sc2c1. The lowest BCUT2D eigenvalue weighted by atomic mass is 10.2. The number of nitro groups is 1. The Morgan fingerprint density at radius 2 is 1.94 bits per heavy atom. The molecule has 4 rings (SSSR count). The molecule has 3 N–H and O–H groups in total. The fraction of sp³-hybridized carbons (Fsp3) is 0.100. The molecule has 0 aliphatic heterocycles. The number of nitrogens with one attached hydrogen (secondary N) is 3. The third-order valence-electron chi connectivity index (χ3n) is 4.21. The number of carbonyl (C=O) groups excluding carboxylic acids is 1. The molecule has 0 spiro atoms. The van der Waals surface area contributed by atoms with Crippen LogP contribution in [-0.4, -0.2) is 32.4 Å². The molecule has 2 aromatic carbocycles. The van der Waals surface area contributed by atoms with E-state index < -0.39 is 16.5 Å². The first-order valence-corrected chi connectivity index (χ1v) is 10.2. The number of thiazole rings is 1. The van der Waals surface area contributed by atoms with E-state index in [1.807, 2.05) is 31.2 Å². The van der Waals surface area contributed by atoms with E-state index in [2.05, 4.69) is 31.1 Å². The Balaban J connectivity index is 1.47. The molecular formula is C20H17N7O4S. The Bertz CT molecular complexity index is 1280. The predicted molar refractivity (Wildman–Crippen MR) is 120 cm³/mol. The quantitative estimate of drug-likeness (QED) is 0.270. The van der Waals surface area contributed by atoms with Crippen LogP contribution in [0.1, 0.15) is 5.56 Å². The minimum Gasteiger partial charge on any atom is -0.484 e. The second-order valence-corrected chi connectivity index (χ2v) is 7.60. The van der Waals surface area contributed by atoms with Gasteiger partial charge in [0, 0.05) is 0 Å². The summed E-state index contributed by atoms with van der Waals surface area (Å²) < 4.78 is 6.27. The van der Waals surface area contributed by atoms with Crippen LogP contribution in [0.5, 0.6) is 5.75 Å². The average molecular weight is 451 g/mol. The van der Waals surface area contributed by atoms with Gasteiger partial charge in [-0.15, -0.1) is 0 Å². The van der Waals surface area contributed by atoms with E-state index in [0.29, 0.717) is 10.9 Å². The molecule has 0 saturated heterocycles. The van der Waals surface area contributed by atoms with Crippen LogP contribution in [0.15, 0.2) is 54.9 Å². The van der Waals surface area contributed by atoms with Gasteiger partial charge < -0.3 is 10.1 Å². The summed E-state index contributed by atoms with van der Waals surface area (Å²) in [5.41, 5.74) is 6.21. The number of nitrogens with zero attached hydrogens (tertiary/aromatic N) is 4. The van der Waals surface area contributed by atoms with Gasteiger partial charge in [-0.1, -0.05) is 35.6 Å². The molecule has 0 atom stereocenters. The van der Waals surface area contributed by atoms with Crippen LogP contribution in [0.4, 0.5) is 22.5 Å². The topological polar surface area (TPSA) is 144 Å². The van der Waals surface area contributed by atoms with Crippen molar-refractivity contribution in [1.29, 1.82) is 0 Å². The van der Waals surface area contributed by atoms with Gasteiger partial charge in [-0.05, 0) is 36.8 Å². The first kappa shape index (κ1) is 20.9. The Morgan fingerprint density at radius 3 is 2.72 bits per heavy atom. The number of ether oxygens (including phenoxy) is 1. The monoisotopic (exact) mass is 451 g/mol. The molecule has 0 radical (unpaired) electrons. The lowest BCUT2D eigenvalue weighted by Gasteiger charge is -2.10. The molecule has 32 heavy (non-hydrogen) atoms. The molecule has 0 saturated carbocycles. The third kappa shape index (κ3) is 4.87. The largest absolute Gasteiger partial charge is 0.484 e. The van der Waals surface area contributed by atoms with Crippen molar-refractivity contribution in [2.24, 2.45) is 0 Å². The number of aryl methyl sites for hydroxylation is 1. The minimum atomic E-state index is -0.644. The van der Waals surface area contributed by atoms with Crippen molar-refractivity contribution in [3.8, 4) is 5.75 Å². The van der Waals surface area contributed by atoms with Gasteiger partial charge in [0.25, 0.3) is 5.91 Å². The van der Waals surface area contributed by atoms with Crippen LogP contribution in [0.2, 0.25) is 0 Å².